The summed E-state index contributed by atoms with van der Waals surface area (Å²) in [5.41, 5.74) is 1.98. The summed E-state index contributed by atoms with van der Waals surface area (Å²) in [6.45, 7) is 1.99. The van der Waals surface area contributed by atoms with E-state index in [1.165, 1.54) is 19.1 Å². The molecule has 0 N–H and O–H groups in total. The molecule has 1 aromatic heterocycles. The van der Waals surface area contributed by atoms with Crippen LogP contribution in [0.5, 0.6) is 0 Å². The van der Waals surface area contributed by atoms with Gasteiger partial charge >= 0.3 is 0 Å². The van der Waals surface area contributed by atoms with Gasteiger partial charge in [-0.3, -0.25) is 19.9 Å². The topological polar surface area (TPSA) is 76.3 Å². The average molecular weight is 285 g/mol. The Morgan fingerprint density at radius 1 is 1.29 bits per heavy atom. The smallest absolute Gasteiger partial charge is 0.270 e. The standard InChI is InChI=1S/C15H15N3O3/c1-11(19)14-9-13(18(20)21)3-4-15(14)17(2)10-12-5-7-16-8-6-12/h3-9H,10H2,1-2H3. The largest absolute Gasteiger partial charge is 0.370 e. The molecule has 1 aromatic carbocycles. The lowest BCUT2D eigenvalue weighted by atomic mass is 10.1. The summed E-state index contributed by atoms with van der Waals surface area (Å²) >= 11 is 0. The number of benzene rings is 1. The van der Waals surface area contributed by atoms with Crippen LogP contribution in [0.1, 0.15) is 22.8 Å². The number of pyridine rings is 1. The van der Waals surface area contributed by atoms with Crippen LogP contribution in [0.2, 0.25) is 0 Å². The van der Waals surface area contributed by atoms with Crippen LogP contribution in [0.25, 0.3) is 0 Å². The van der Waals surface area contributed by atoms with Gasteiger partial charge in [0.05, 0.1) is 4.92 Å². The second kappa shape index (κ2) is 6.13. The highest BCUT2D eigenvalue weighted by atomic mass is 16.6. The number of aromatic nitrogens is 1. The van der Waals surface area contributed by atoms with E-state index in [2.05, 4.69) is 4.98 Å². The van der Waals surface area contributed by atoms with Crippen LogP contribution in [-0.2, 0) is 6.54 Å². The highest BCUT2D eigenvalue weighted by Crippen LogP contribution is 2.26. The SMILES string of the molecule is CC(=O)c1cc([N+](=O)[O-])ccc1N(C)Cc1ccncc1. The molecule has 0 aliphatic heterocycles. The van der Waals surface area contributed by atoms with Gasteiger partial charge < -0.3 is 4.90 Å². The third kappa shape index (κ3) is 3.42. The first kappa shape index (κ1) is 14.6. The summed E-state index contributed by atoms with van der Waals surface area (Å²) in [6, 6.07) is 8.10. The minimum absolute atomic E-state index is 0.0822. The van der Waals surface area contributed by atoms with Crippen LogP contribution in [-0.4, -0.2) is 22.7 Å². The van der Waals surface area contributed by atoms with Crippen molar-refractivity contribution < 1.29 is 9.72 Å². The molecular formula is C15H15N3O3. The number of carbonyl (C=O) groups excluding carboxylic acids is 1. The maximum atomic E-state index is 11.7. The number of non-ortho nitro benzene ring substituents is 1. The molecular weight excluding hydrogens is 270 g/mol. The van der Waals surface area contributed by atoms with E-state index in [1.807, 2.05) is 24.1 Å². The summed E-state index contributed by atoms with van der Waals surface area (Å²) in [4.78, 5) is 27.9. The van der Waals surface area contributed by atoms with Gasteiger partial charge in [-0.2, -0.15) is 0 Å². The fourth-order valence-electron chi connectivity index (χ4n) is 2.10. The Hall–Kier alpha value is -2.76. The molecule has 0 aliphatic carbocycles. The molecule has 0 fully saturated rings. The molecule has 21 heavy (non-hydrogen) atoms. The predicted octanol–water partition coefficient (Wildman–Crippen LogP) is 2.83. The fourth-order valence-corrected chi connectivity index (χ4v) is 2.10. The first-order chi connectivity index (χ1) is 9.99. The average Bonchev–Trinajstić information content (AvgIpc) is 2.47. The van der Waals surface area contributed by atoms with E-state index < -0.39 is 4.92 Å². The number of nitrogens with zero attached hydrogens (tertiary/aromatic N) is 3. The quantitative estimate of drug-likeness (QED) is 0.479. The van der Waals surface area contributed by atoms with Crippen LogP contribution < -0.4 is 4.90 Å². The van der Waals surface area contributed by atoms with Gasteiger partial charge in [0.15, 0.2) is 5.78 Å². The number of nitro groups is 1. The monoisotopic (exact) mass is 285 g/mol. The van der Waals surface area contributed by atoms with E-state index in [4.69, 9.17) is 0 Å². The van der Waals surface area contributed by atoms with Crippen molar-refractivity contribution in [2.45, 2.75) is 13.5 Å². The van der Waals surface area contributed by atoms with Gasteiger partial charge in [-0.15, -0.1) is 0 Å². The van der Waals surface area contributed by atoms with Gasteiger partial charge in [-0.1, -0.05) is 0 Å². The van der Waals surface area contributed by atoms with Crippen molar-refractivity contribution in [3.8, 4) is 0 Å². The minimum atomic E-state index is -0.501. The van der Waals surface area contributed by atoms with E-state index in [0.717, 1.165) is 5.56 Å². The Bertz CT molecular complexity index is 671. The number of hydrogen-bond acceptors (Lipinski definition) is 5. The first-order valence-electron chi connectivity index (χ1n) is 6.38. The zero-order valence-corrected chi connectivity index (χ0v) is 11.8. The van der Waals surface area contributed by atoms with Gasteiger partial charge in [0.25, 0.3) is 5.69 Å². The van der Waals surface area contributed by atoms with Crippen molar-refractivity contribution in [2.75, 3.05) is 11.9 Å². The lowest BCUT2D eigenvalue weighted by Crippen LogP contribution is -2.19. The van der Waals surface area contributed by atoms with Crippen molar-refractivity contribution in [3.05, 3.63) is 64.0 Å². The predicted molar refractivity (Wildman–Crippen MR) is 79.4 cm³/mol. The Balaban J connectivity index is 2.34. The molecule has 1 heterocycles. The molecule has 0 atom stereocenters. The highest BCUT2D eigenvalue weighted by molar-refractivity contribution is 6.00. The second-order valence-electron chi connectivity index (χ2n) is 4.73. The number of rotatable bonds is 5. The summed E-state index contributed by atoms with van der Waals surface area (Å²) in [5.74, 6) is -0.199. The van der Waals surface area contributed by atoms with E-state index in [-0.39, 0.29) is 11.5 Å². The van der Waals surface area contributed by atoms with Crippen molar-refractivity contribution in [3.63, 3.8) is 0 Å². The Morgan fingerprint density at radius 3 is 2.52 bits per heavy atom. The molecule has 6 nitrogen and oxygen atoms in total. The van der Waals surface area contributed by atoms with Crippen LogP contribution >= 0.6 is 0 Å². The Labute approximate surface area is 122 Å². The highest BCUT2D eigenvalue weighted by Gasteiger charge is 2.16. The molecule has 0 unspecified atom stereocenters. The number of carbonyl (C=O) groups is 1. The van der Waals surface area contributed by atoms with E-state index >= 15 is 0 Å². The van der Waals surface area contributed by atoms with Crippen LogP contribution in [0.4, 0.5) is 11.4 Å². The number of Topliss-reactive ketones (excluding diaryl/α,β-unsaturated/α-hetero) is 1. The van der Waals surface area contributed by atoms with Crippen molar-refractivity contribution in [1.82, 2.24) is 4.98 Å². The molecule has 2 aromatic rings. The van der Waals surface area contributed by atoms with E-state index in [1.54, 1.807) is 18.5 Å². The summed E-state index contributed by atoms with van der Waals surface area (Å²) in [6.07, 6.45) is 3.40. The molecule has 0 aliphatic rings. The molecule has 108 valence electrons. The summed E-state index contributed by atoms with van der Waals surface area (Å²) < 4.78 is 0. The van der Waals surface area contributed by atoms with Crippen LogP contribution in [0.3, 0.4) is 0 Å². The van der Waals surface area contributed by atoms with Crippen LogP contribution in [0, 0.1) is 10.1 Å². The molecule has 2 rings (SSSR count). The normalized spacial score (nSPS) is 10.2. The lowest BCUT2D eigenvalue weighted by Gasteiger charge is -2.21. The molecule has 0 amide bonds. The van der Waals surface area contributed by atoms with E-state index in [9.17, 15) is 14.9 Å². The number of anilines is 1. The third-order valence-corrected chi connectivity index (χ3v) is 3.15. The molecule has 6 heteroatoms. The van der Waals surface area contributed by atoms with Gasteiger partial charge in [-0.05, 0) is 30.7 Å². The Morgan fingerprint density at radius 2 is 1.95 bits per heavy atom. The van der Waals surface area contributed by atoms with E-state index in [0.29, 0.717) is 17.8 Å². The maximum absolute atomic E-state index is 11.7. The lowest BCUT2D eigenvalue weighted by molar-refractivity contribution is -0.384. The molecule has 0 radical (unpaired) electrons. The molecule has 0 saturated heterocycles. The summed E-state index contributed by atoms with van der Waals surface area (Å²) in [5, 5.41) is 10.8. The first-order valence-corrected chi connectivity index (χ1v) is 6.38. The van der Waals surface area contributed by atoms with Gasteiger partial charge in [-0.25, -0.2) is 0 Å². The fraction of sp³-hybridized carbons (Fsp3) is 0.200. The molecule has 0 bridgehead atoms. The van der Waals surface area contributed by atoms with Gasteiger partial charge in [0.1, 0.15) is 0 Å². The molecule has 0 spiro atoms. The summed E-state index contributed by atoms with van der Waals surface area (Å²) in [7, 11) is 1.84. The second-order valence-corrected chi connectivity index (χ2v) is 4.73. The van der Waals surface area contributed by atoms with Crippen molar-refractivity contribution in [2.24, 2.45) is 0 Å². The number of ketones is 1. The molecule has 0 saturated carbocycles. The third-order valence-electron chi connectivity index (χ3n) is 3.15. The van der Waals surface area contributed by atoms with Gasteiger partial charge in [0.2, 0.25) is 0 Å². The van der Waals surface area contributed by atoms with Crippen molar-refractivity contribution >= 4 is 17.2 Å². The van der Waals surface area contributed by atoms with Crippen LogP contribution in [0.15, 0.2) is 42.7 Å². The Kier molecular flexibility index (Phi) is 4.27. The van der Waals surface area contributed by atoms with Crippen molar-refractivity contribution in [1.29, 1.82) is 0 Å². The number of nitro benzene ring substituents is 1. The maximum Gasteiger partial charge on any atom is 0.270 e. The zero-order valence-electron chi connectivity index (χ0n) is 11.8. The number of hydrogen-bond donors (Lipinski definition) is 0. The zero-order chi connectivity index (χ0) is 15.4. The van der Waals surface area contributed by atoms with Gasteiger partial charge in [0, 0.05) is 49.4 Å². The minimum Gasteiger partial charge on any atom is -0.370 e.